The summed E-state index contributed by atoms with van der Waals surface area (Å²) in [4.78, 5) is 11.6. The highest BCUT2D eigenvalue weighted by molar-refractivity contribution is 7.85. The molecule has 10 nitrogen and oxygen atoms in total. The number of ether oxygens (including phenoxy) is 6. The molecule has 0 radical (unpaired) electrons. The Morgan fingerprint density at radius 2 is 1.82 bits per heavy atom. The van der Waals surface area contributed by atoms with Gasteiger partial charge in [-0.05, 0) is 69.6 Å². The van der Waals surface area contributed by atoms with E-state index in [2.05, 4.69) is 29.9 Å². The second-order valence-electron chi connectivity index (χ2n) is 12.7. The Labute approximate surface area is 264 Å². The van der Waals surface area contributed by atoms with Gasteiger partial charge in [0.25, 0.3) is 10.1 Å². The molecule has 3 unspecified atom stereocenters. The monoisotopic (exact) mass is 642 g/mol. The number of rotatable bonds is 18. The molecule has 4 rings (SSSR count). The molecule has 2 aliphatic heterocycles. The first-order valence-corrected chi connectivity index (χ1v) is 18.5. The highest BCUT2D eigenvalue weighted by Gasteiger charge is 2.46. The number of unbranched alkanes of at least 4 members (excludes halogenated alkanes) is 2. The molecular weight excluding hydrogens is 588 g/mol. The van der Waals surface area contributed by atoms with E-state index in [1.165, 1.54) is 13.5 Å². The van der Waals surface area contributed by atoms with Gasteiger partial charge < -0.3 is 28.4 Å². The van der Waals surface area contributed by atoms with Crippen molar-refractivity contribution in [2.24, 2.45) is 23.7 Å². The van der Waals surface area contributed by atoms with Gasteiger partial charge in [0.1, 0.15) is 6.61 Å². The number of allylic oxidation sites excluding steroid dienone is 1. The third kappa shape index (κ3) is 11.5. The lowest BCUT2D eigenvalue weighted by molar-refractivity contribution is -0.192. The zero-order chi connectivity index (χ0) is 31.4. The first kappa shape index (κ1) is 35.5. The quantitative estimate of drug-likeness (QED) is 0.0843. The van der Waals surface area contributed by atoms with E-state index < -0.39 is 16.1 Å². The molecule has 44 heavy (non-hydrogen) atoms. The van der Waals surface area contributed by atoms with Gasteiger partial charge in [-0.3, -0.25) is 4.18 Å². The Bertz CT molecular complexity index is 1030. The van der Waals surface area contributed by atoms with E-state index in [1.807, 2.05) is 0 Å². The maximum atomic E-state index is 11.8. The largest absolute Gasteiger partial charge is 0.467 e. The Kier molecular flexibility index (Phi) is 14.6. The van der Waals surface area contributed by atoms with Gasteiger partial charge in [0.15, 0.2) is 12.6 Å². The minimum Gasteiger partial charge on any atom is -0.467 e. The summed E-state index contributed by atoms with van der Waals surface area (Å²) in [6.45, 7) is 3.64. The van der Waals surface area contributed by atoms with E-state index in [0.29, 0.717) is 5.92 Å². The molecule has 0 aromatic heterocycles. The standard InChI is InChI=1S/C33H54O10S/c1-4-5-6-11-27(42-32-12-7-9-16-39-32)14-15-28-29-19-24(18-25(29)20-30(28)43-33-13-8-10-17-40-33)26(22-41-44(3,35)36)21-38-23-31(34)37-2/h14-15,19,25-30,32-33H,4-13,16-18,20-23H2,1-3H3/b15-14+/t25-,26?,27-,28+,29-,30+,32?,33?/m0/s1. The number of carbonyl (C=O) groups is 1. The Morgan fingerprint density at radius 1 is 1.07 bits per heavy atom. The van der Waals surface area contributed by atoms with Crippen LogP contribution < -0.4 is 0 Å². The van der Waals surface area contributed by atoms with Crippen LogP contribution in [0.5, 0.6) is 0 Å². The number of hydrogen-bond acceptors (Lipinski definition) is 10. The van der Waals surface area contributed by atoms with E-state index in [0.717, 1.165) is 95.7 Å². The summed E-state index contributed by atoms with van der Waals surface area (Å²) in [7, 11) is -2.33. The lowest BCUT2D eigenvalue weighted by Gasteiger charge is -2.30. The van der Waals surface area contributed by atoms with Crippen LogP contribution in [-0.4, -0.2) is 85.6 Å². The van der Waals surface area contributed by atoms with Crippen molar-refractivity contribution in [2.75, 3.05) is 46.4 Å². The van der Waals surface area contributed by atoms with Crippen molar-refractivity contribution in [1.82, 2.24) is 0 Å². The van der Waals surface area contributed by atoms with Crippen LogP contribution in [0.15, 0.2) is 23.8 Å². The zero-order valence-corrected chi connectivity index (χ0v) is 27.7. The fourth-order valence-corrected chi connectivity index (χ4v) is 7.27. The van der Waals surface area contributed by atoms with Crippen molar-refractivity contribution >= 4 is 16.1 Å². The van der Waals surface area contributed by atoms with E-state index in [1.54, 1.807) is 0 Å². The van der Waals surface area contributed by atoms with Crippen LogP contribution in [0, 0.1) is 23.7 Å². The smallest absolute Gasteiger partial charge is 0.331 e. The molecule has 8 atom stereocenters. The van der Waals surface area contributed by atoms with Gasteiger partial charge in [-0.2, -0.15) is 8.42 Å². The SMILES string of the molecule is CCCCC[C@@H](/C=C/[C@@H]1[C@H]2C=C(C(COCC(=O)OC)COS(C)(=O)=O)C[C@H]2C[C@H]1OC1CCCCO1)OC1CCCCO1. The highest BCUT2D eigenvalue weighted by atomic mass is 32.2. The van der Waals surface area contributed by atoms with Crippen LogP contribution in [0.4, 0.5) is 0 Å². The fraction of sp³-hybridized carbons (Fsp3) is 0.848. The molecule has 2 aliphatic carbocycles. The number of methoxy groups -OCH3 is 1. The lowest BCUT2D eigenvalue weighted by Crippen LogP contribution is -2.31. The molecule has 3 fully saturated rings. The van der Waals surface area contributed by atoms with Gasteiger partial charge in [0.05, 0.1) is 38.8 Å². The number of hydrogen-bond donors (Lipinski definition) is 0. The van der Waals surface area contributed by atoms with Gasteiger partial charge in [0.2, 0.25) is 0 Å². The zero-order valence-electron chi connectivity index (χ0n) is 26.9. The van der Waals surface area contributed by atoms with Gasteiger partial charge in [-0.25, -0.2) is 4.79 Å². The molecule has 0 bridgehead atoms. The topological polar surface area (TPSA) is 116 Å². The molecular formula is C33H54O10S. The second kappa shape index (κ2) is 18.1. The van der Waals surface area contributed by atoms with Crippen molar-refractivity contribution in [3.63, 3.8) is 0 Å². The summed E-state index contributed by atoms with van der Waals surface area (Å²) in [6.07, 6.45) is 19.8. The molecule has 0 aromatic carbocycles. The average Bonchev–Trinajstić information content (AvgIpc) is 3.55. The van der Waals surface area contributed by atoms with Crippen molar-refractivity contribution < 1.29 is 45.8 Å². The Hall–Kier alpha value is -1.34. The van der Waals surface area contributed by atoms with Crippen molar-refractivity contribution in [2.45, 2.75) is 109 Å². The molecule has 0 spiro atoms. The van der Waals surface area contributed by atoms with E-state index in [4.69, 9.17) is 27.9 Å². The maximum Gasteiger partial charge on any atom is 0.331 e. The van der Waals surface area contributed by atoms with Gasteiger partial charge in [-0.15, -0.1) is 0 Å². The summed E-state index contributed by atoms with van der Waals surface area (Å²) < 4.78 is 64.2. The predicted octanol–water partition coefficient (Wildman–Crippen LogP) is 5.31. The van der Waals surface area contributed by atoms with Gasteiger partial charge >= 0.3 is 5.97 Å². The number of esters is 1. The first-order valence-electron chi connectivity index (χ1n) is 16.7. The molecule has 0 amide bonds. The molecule has 2 heterocycles. The molecule has 1 saturated carbocycles. The summed E-state index contributed by atoms with van der Waals surface area (Å²) in [5.74, 6) is -0.0806. The van der Waals surface area contributed by atoms with E-state index in [9.17, 15) is 13.2 Å². The van der Waals surface area contributed by atoms with Crippen molar-refractivity contribution in [3.05, 3.63) is 23.8 Å². The Morgan fingerprint density at radius 3 is 2.48 bits per heavy atom. The Balaban J connectivity index is 1.51. The normalized spacial score (nSPS) is 30.7. The second-order valence-corrected chi connectivity index (χ2v) is 14.3. The third-order valence-electron chi connectivity index (χ3n) is 9.20. The number of fused-ring (bicyclic) bond motifs is 1. The summed E-state index contributed by atoms with van der Waals surface area (Å²) >= 11 is 0. The van der Waals surface area contributed by atoms with Crippen LogP contribution in [-0.2, 0) is 47.5 Å². The molecule has 252 valence electrons. The van der Waals surface area contributed by atoms with Crippen LogP contribution in [0.1, 0.15) is 84.0 Å². The van der Waals surface area contributed by atoms with Crippen LogP contribution in [0.2, 0.25) is 0 Å². The molecule has 0 aromatic rings. The first-order chi connectivity index (χ1) is 21.3. The van der Waals surface area contributed by atoms with Crippen LogP contribution in [0.3, 0.4) is 0 Å². The molecule has 11 heteroatoms. The minimum atomic E-state index is -3.63. The minimum absolute atomic E-state index is 0.0191. The van der Waals surface area contributed by atoms with Gasteiger partial charge in [-0.1, -0.05) is 50.0 Å². The predicted molar refractivity (Wildman–Crippen MR) is 165 cm³/mol. The average molecular weight is 643 g/mol. The summed E-state index contributed by atoms with van der Waals surface area (Å²) in [5, 5.41) is 0. The molecule has 2 saturated heterocycles. The molecule has 0 N–H and O–H groups in total. The van der Waals surface area contributed by atoms with Crippen molar-refractivity contribution in [3.8, 4) is 0 Å². The number of carbonyl (C=O) groups excluding carboxylic acids is 1. The fourth-order valence-electron chi connectivity index (χ4n) is 6.86. The lowest BCUT2D eigenvalue weighted by atomic mass is 9.91. The molecule has 4 aliphatic rings. The van der Waals surface area contributed by atoms with Gasteiger partial charge in [0, 0.05) is 25.0 Å². The maximum absolute atomic E-state index is 11.8. The van der Waals surface area contributed by atoms with Crippen molar-refractivity contribution in [1.29, 1.82) is 0 Å². The highest BCUT2D eigenvalue weighted by Crippen LogP contribution is 2.50. The van der Waals surface area contributed by atoms with Crippen LogP contribution >= 0.6 is 0 Å². The summed E-state index contributed by atoms with van der Waals surface area (Å²) in [5.41, 5.74) is 1.10. The van der Waals surface area contributed by atoms with E-state index in [-0.39, 0.29) is 62.4 Å². The summed E-state index contributed by atoms with van der Waals surface area (Å²) in [6, 6.07) is 0. The van der Waals surface area contributed by atoms with E-state index >= 15 is 0 Å². The van der Waals surface area contributed by atoms with Crippen LogP contribution in [0.25, 0.3) is 0 Å². The third-order valence-corrected chi connectivity index (χ3v) is 9.77.